The summed E-state index contributed by atoms with van der Waals surface area (Å²) in [6.45, 7) is 1.96. The number of hydrogen-bond donors (Lipinski definition) is 2. The number of carbonyl (C=O) groups excluding carboxylic acids is 2. The highest BCUT2D eigenvalue weighted by Gasteiger charge is 2.32. The van der Waals surface area contributed by atoms with Crippen LogP contribution in [0.4, 0.5) is 0 Å². The number of aryl methyl sites for hydroxylation is 1. The summed E-state index contributed by atoms with van der Waals surface area (Å²) in [5, 5.41) is 3.90. The van der Waals surface area contributed by atoms with Crippen LogP contribution in [0, 0.1) is 6.92 Å². The topological polar surface area (TPSA) is 105 Å². The monoisotopic (exact) mass is 444 g/mol. The van der Waals surface area contributed by atoms with E-state index in [4.69, 9.17) is 4.42 Å². The maximum absolute atomic E-state index is 13.2. The summed E-state index contributed by atoms with van der Waals surface area (Å²) in [6.07, 6.45) is 8.73. The first kappa shape index (κ1) is 22.8. The molecule has 1 aromatic heterocycles. The predicted octanol–water partition coefficient (Wildman–Crippen LogP) is 3.23. The van der Waals surface area contributed by atoms with Crippen LogP contribution in [0.1, 0.15) is 48.7 Å². The van der Waals surface area contributed by atoms with Gasteiger partial charge in [-0.2, -0.15) is 0 Å². The number of allylic oxidation sites excluding steroid dienone is 1. The molecule has 0 unspecified atom stereocenters. The maximum atomic E-state index is 13.2. The molecule has 0 bridgehead atoms. The van der Waals surface area contributed by atoms with Gasteiger partial charge in [0, 0.05) is 13.1 Å². The van der Waals surface area contributed by atoms with Crippen LogP contribution < -0.4 is 10.6 Å². The molecule has 1 aliphatic carbocycles. The SMILES string of the molecule is Cc1ccc(S(=O)(=O)[C@@H](CNC(=O)C(=O)NCCC2=CCCCC2)c2ccco2)cc1. The van der Waals surface area contributed by atoms with Crippen molar-refractivity contribution in [1.82, 2.24) is 10.6 Å². The molecule has 0 fully saturated rings. The van der Waals surface area contributed by atoms with Crippen molar-refractivity contribution in [2.24, 2.45) is 0 Å². The molecule has 0 aliphatic heterocycles. The van der Waals surface area contributed by atoms with Crippen molar-refractivity contribution in [2.75, 3.05) is 13.1 Å². The van der Waals surface area contributed by atoms with Gasteiger partial charge in [-0.25, -0.2) is 8.42 Å². The van der Waals surface area contributed by atoms with Crippen molar-refractivity contribution in [3.8, 4) is 0 Å². The van der Waals surface area contributed by atoms with Crippen molar-refractivity contribution in [1.29, 1.82) is 0 Å². The zero-order valence-electron chi connectivity index (χ0n) is 17.6. The van der Waals surface area contributed by atoms with Crippen molar-refractivity contribution in [2.45, 2.75) is 49.2 Å². The van der Waals surface area contributed by atoms with Crippen LogP contribution in [0.25, 0.3) is 0 Å². The number of hydrogen-bond acceptors (Lipinski definition) is 5. The summed E-state index contributed by atoms with van der Waals surface area (Å²) in [6, 6.07) is 9.59. The van der Waals surface area contributed by atoms with E-state index in [1.807, 2.05) is 6.92 Å². The highest BCUT2D eigenvalue weighted by molar-refractivity contribution is 7.91. The molecule has 1 heterocycles. The van der Waals surface area contributed by atoms with Crippen LogP contribution in [0.3, 0.4) is 0 Å². The number of nitrogens with one attached hydrogen (secondary N) is 2. The molecular weight excluding hydrogens is 416 g/mol. The van der Waals surface area contributed by atoms with E-state index in [9.17, 15) is 18.0 Å². The van der Waals surface area contributed by atoms with Gasteiger partial charge in [0.15, 0.2) is 9.84 Å². The second kappa shape index (κ2) is 10.4. The number of sulfone groups is 1. The molecule has 166 valence electrons. The number of furan rings is 1. The smallest absolute Gasteiger partial charge is 0.309 e. The van der Waals surface area contributed by atoms with Gasteiger partial charge in [-0.05, 0) is 63.3 Å². The number of benzene rings is 1. The summed E-state index contributed by atoms with van der Waals surface area (Å²) in [7, 11) is -3.84. The van der Waals surface area contributed by atoms with Gasteiger partial charge >= 0.3 is 11.8 Å². The van der Waals surface area contributed by atoms with E-state index in [2.05, 4.69) is 16.7 Å². The Morgan fingerprint density at radius 1 is 1.06 bits per heavy atom. The second-order valence-electron chi connectivity index (χ2n) is 7.69. The van der Waals surface area contributed by atoms with Crippen LogP contribution in [0.5, 0.6) is 0 Å². The van der Waals surface area contributed by atoms with Crippen LogP contribution in [0.2, 0.25) is 0 Å². The van der Waals surface area contributed by atoms with E-state index < -0.39 is 26.9 Å². The molecule has 1 aromatic carbocycles. The molecule has 0 radical (unpaired) electrons. The first-order chi connectivity index (χ1) is 14.9. The van der Waals surface area contributed by atoms with Gasteiger partial charge in [0.05, 0.1) is 11.2 Å². The zero-order valence-corrected chi connectivity index (χ0v) is 18.4. The van der Waals surface area contributed by atoms with Crippen LogP contribution >= 0.6 is 0 Å². The second-order valence-corrected chi connectivity index (χ2v) is 9.82. The summed E-state index contributed by atoms with van der Waals surface area (Å²) >= 11 is 0. The maximum Gasteiger partial charge on any atom is 0.309 e. The van der Waals surface area contributed by atoms with E-state index in [1.54, 1.807) is 24.3 Å². The fraction of sp³-hybridized carbons (Fsp3) is 0.391. The fourth-order valence-corrected chi connectivity index (χ4v) is 5.13. The Morgan fingerprint density at radius 3 is 2.45 bits per heavy atom. The van der Waals surface area contributed by atoms with Gasteiger partial charge in [0.2, 0.25) is 0 Å². The van der Waals surface area contributed by atoms with Crippen LogP contribution in [0.15, 0.2) is 63.6 Å². The Morgan fingerprint density at radius 2 is 1.81 bits per heavy atom. The van der Waals surface area contributed by atoms with E-state index in [0.717, 1.165) is 31.2 Å². The third-order valence-corrected chi connectivity index (χ3v) is 7.43. The molecule has 7 nitrogen and oxygen atoms in total. The van der Waals surface area contributed by atoms with Crippen LogP contribution in [-0.2, 0) is 19.4 Å². The highest BCUT2D eigenvalue weighted by Crippen LogP contribution is 2.29. The van der Waals surface area contributed by atoms with Gasteiger partial charge in [-0.15, -0.1) is 0 Å². The molecule has 1 aliphatic rings. The molecule has 1 atom stereocenters. The van der Waals surface area contributed by atoms with Crippen molar-refractivity contribution < 1.29 is 22.4 Å². The first-order valence-electron chi connectivity index (χ1n) is 10.5. The molecule has 0 saturated heterocycles. The highest BCUT2D eigenvalue weighted by atomic mass is 32.2. The van der Waals surface area contributed by atoms with Gasteiger partial charge in [-0.1, -0.05) is 29.3 Å². The van der Waals surface area contributed by atoms with E-state index in [1.165, 1.54) is 30.4 Å². The number of rotatable bonds is 8. The van der Waals surface area contributed by atoms with Crippen molar-refractivity contribution >= 4 is 21.7 Å². The lowest BCUT2D eigenvalue weighted by atomic mass is 9.97. The molecule has 2 aromatic rings. The lowest BCUT2D eigenvalue weighted by molar-refractivity contribution is -0.139. The quantitative estimate of drug-likeness (QED) is 0.480. The third-order valence-electron chi connectivity index (χ3n) is 5.36. The molecule has 3 rings (SSSR count). The van der Waals surface area contributed by atoms with Crippen molar-refractivity contribution in [3.05, 3.63) is 65.6 Å². The molecule has 0 saturated carbocycles. The Hall–Kier alpha value is -2.87. The molecule has 8 heteroatoms. The Kier molecular flexibility index (Phi) is 7.68. The first-order valence-corrected chi connectivity index (χ1v) is 12.0. The van der Waals surface area contributed by atoms with Gasteiger partial charge in [-0.3, -0.25) is 9.59 Å². The average molecular weight is 445 g/mol. The Bertz CT molecular complexity index is 1020. The minimum Gasteiger partial charge on any atom is -0.468 e. The minimum absolute atomic E-state index is 0.124. The Labute approximate surface area is 182 Å². The van der Waals surface area contributed by atoms with E-state index >= 15 is 0 Å². The lowest BCUT2D eigenvalue weighted by Crippen LogP contribution is -2.42. The standard InChI is InChI=1S/C23H28N2O5S/c1-17-9-11-19(12-10-17)31(28,29)21(20-8-5-15-30-20)16-25-23(27)22(26)24-14-13-18-6-3-2-4-7-18/h5-6,8-12,15,21H,2-4,7,13-14,16H2,1H3,(H,24,26)(H,25,27)/t21-/m0/s1. The molecular formula is C23H28N2O5S. The molecule has 2 amide bonds. The largest absolute Gasteiger partial charge is 0.468 e. The third kappa shape index (κ3) is 6.07. The van der Waals surface area contributed by atoms with Gasteiger partial charge in [0.1, 0.15) is 11.0 Å². The number of carbonyl (C=O) groups is 2. The lowest BCUT2D eigenvalue weighted by Gasteiger charge is -2.17. The normalized spacial score (nSPS) is 15.1. The van der Waals surface area contributed by atoms with Crippen LogP contribution in [-0.4, -0.2) is 33.3 Å². The predicted molar refractivity (Wildman–Crippen MR) is 117 cm³/mol. The summed E-state index contributed by atoms with van der Waals surface area (Å²) in [5.41, 5.74) is 2.23. The average Bonchev–Trinajstić information content (AvgIpc) is 3.29. The fourth-order valence-electron chi connectivity index (χ4n) is 3.54. The summed E-state index contributed by atoms with van der Waals surface area (Å²) in [5.74, 6) is -1.44. The van der Waals surface area contributed by atoms with E-state index in [-0.39, 0.29) is 17.2 Å². The molecule has 0 spiro atoms. The summed E-state index contributed by atoms with van der Waals surface area (Å²) in [4.78, 5) is 24.5. The molecule has 31 heavy (non-hydrogen) atoms. The summed E-state index contributed by atoms with van der Waals surface area (Å²) < 4.78 is 31.6. The van der Waals surface area contributed by atoms with Crippen molar-refractivity contribution in [3.63, 3.8) is 0 Å². The van der Waals surface area contributed by atoms with Gasteiger partial charge < -0.3 is 15.1 Å². The van der Waals surface area contributed by atoms with Gasteiger partial charge in [0.25, 0.3) is 0 Å². The zero-order chi connectivity index (χ0) is 22.3. The molecule has 2 N–H and O–H groups in total. The van der Waals surface area contributed by atoms with E-state index in [0.29, 0.717) is 6.54 Å². The Balaban J connectivity index is 1.61. The number of amides is 2. The minimum atomic E-state index is -3.84.